The van der Waals surface area contributed by atoms with E-state index < -0.39 is 5.97 Å². The van der Waals surface area contributed by atoms with Crippen LogP contribution in [0.1, 0.15) is 27.4 Å². The number of anilines is 1. The van der Waals surface area contributed by atoms with Crippen molar-refractivity contribution in [2.45, 2.75) is 13.8 Å². The van der Waals surface area contributed by atoms with Gasteiger partial charge in [0.1, 0.15) is 11.3 Å². The predicted octanol–water partition coefficient (Wildman–Crippen LogP) is 2.64. The summed E-state index contributed by atoms with van der Waals surface area (Å²) in [5.41, 5.74) is 2.29. The van der Waals surface area contributed by atoms with Gasteiger partial charge in [-0.05, 0) is 37.6 Å². The zero-order chi connectivity index (χ0) is 15.4. The van der Waals surface area contributed by atoms with Crippen LogP contribution in [0.3, 0.4) is 0 Å². The largest absolute Gasteiger partial charge is 0.478 e. The summed E-state index contributed by atoms with van der Waals surface area (Å²) in [6.45, 7) is 3.37. The molecule has 2 aromatic rings. The fourth-order valence-electron chi connectivity index (χ4n) is 1.85. The van der Waals surface area contributed by atoms with E-state index in [1.807, 2.05) is 0 Å². The number of benzene rings is 1. The van der Waals surface area contributed by atoms with Crippen LogP contribution in [0.25, 0.3) is 6.08 Å². The number of hydrogen-bond donors (Lipinski definition) is 2. The van der Waals surface area contributed by atoms with Crippen molar-refractivity contribution in [3.8, 4) is 0 Å². The van der Waals surface area contributed by atoms with Gasteiger partial charge in [-0.1, -0.05) is 17.3 Å². The highest BCUT2D eigenvalue weighted by atomic mass is 16.5. The fraction of sp³-hybridized carbons (Fsp3) is 0.133. The Morgan fingerprint density at radius 3 is 2.43 bits per heavy atom. The fourth-order valence-corrected chi connectivity index (χ4v) is 1.85. The Bertz CT molecular complexity index is 679. The molecule has 0 radical (unpaired) electrons. The Hall–Kier alpha value is -2.89. The third-order valence-electron chi connectivity index (χ3n) is 2.85. The summed E-state index contributed by atoms with van der Waals surface area (Å²) in [6, 6.07) is 6.81. The highest BCUT2D eigenvalue weighted by molar-refractivity contribution is 6.05. The standard InChI is InChI=1S/C15H14N2O4/c1-9-14(10(2)21-17-9)15(20)16-12-6-3-11(4-7-12)5-8-13(18)19/h3-8H,1-2H3,(H,16,20)(H,18,19)/b8-5+. The van der Waals surface area contributed by atoms with Gasteiger partial charge in [-0.3, -0.25) is 4.79 Å². The molecule has 0 aliphatic heterocycles. The van der Waals surface area contributed by atoms with E-state index in [0.29, 0.717) is 22.7 Å². The van der Waals surface area contributed by atoms with Gasteiger partial charge in [0.2, 0.25) is 0 Å². The molecule has 1 aromatic heterocycles. The Balaban J connectivity index is 2.10. The third-order valence-corrected chi connectivity index (χ3v) is 2.85. The highest BCUT2D eigenvalue weighted by Gasteiger charge is 2.17. The maximum absolute atomic E-state index is 12.1. The average molecular weight is 286 g/mol. The van der Waals surface area contributed by atoms with E-state index in [1.54, 1.807) is 38.1 Å². The summed E-state index contributed by atoms with van der Waals surface area (Å²) >= 11 is 0. The van der Waals surface area contributed by atoms with Crippen LogP contribution in [0.4, 0.5) is 5.69 Å². The molecule has 0 saturated carbocycles. The van der Waals surface area contributed by atoms with Crippen LogP contribution < -0.4 is 5.32 Å². The number of rotatable bonds is 4. The molecule has 0 aliphatic rings. The molecule has 0 saturated heterocycles. The first-order valence-corrected chi connectivity index (χ1v) is 6.22. The lowest BCUT2D eigenvalue weighted by atomic mass is 10.1. The molecule has 1 aromatic carbocycles. The second kappa shape index (κ2) is 6.04. The number of carboxylic acid groups (broad SMARTS) is 1. The van der Waals surface area contributed by atoms with Crippen LogP contribution in [-0.2, 0) is 4.79 Å². The SMILES string of the molecule is Cc1noc(C)c1C(=O)Nc1ccc(/C=C/C(=O)O)cc1. The van der Waals surface area contributed by atoms with E-state index in [4.69, 9.17) is 9.63 Å². The summed E-state index contributed by atoms with van der Waals surface area (Å²) in [7, 11) is 0. The molecule has 0 aliphatic carbocycles. The zero-order valence-electron chi connectivity index (χ0n) is 11.6. The summed E-state index contributed by atoms with van der Waals surface area (Å²) in [5, 5.41) is 15.0. The second-order valence-corrected chi connectivity index (χ2v) is 4.45. The normalized spacial score (nSPS) is 10.8. The summed E-state index contributed by atoms with van der Waals surface area (Å²) in [5.74, 6) is -0.836. The minimum Gasteiger partial charge on any atom is -0.478 e. The Morgan fingerprint density at radius 2 is 1.90 bits per heavy atom. The highest BCUT2D eigenvalue weighted by Crippen LogP contribution is 2.16. The van der Waals surface area contributed by atoms with Gasteiger partial charge >= 0.3 is 5.97 Å². The molecule has 0 bridgehead atoms. The van der Waals surface area contributed by atoms with E-state index in [0.717, 1.165) is 11.6 Å². The molecule has 6 heteroatoms. The quantitative estimate of drug-likeness (QED) is 0.843. The number of amides is 1. The number of nitrogens with zero attached hydrogens (tertiary/aromatic N) is 1. The lowest BCUT2D eigenvalue weighted by Gasteiger charge is -2.05. The molecule has 1 heterocycles. The van der Waals surface area contributed by atoms with Crippen molar-refractivity contribution in [2.24, 2.45) is 0 Å². The van der Waals surface area contributed by atoms with Crippen LogP contribution >= 0.6 is 0 Å². The first kappa shape index (κ1) is 14.5. The first-order valence-electron chi connectivity index (χ1n) is 6.22. The van der Waals surface area contributed by atoms with Crippen molar-refractivity contribution in [2.75, 3.05) is 5.32 Å². The number of carbonyl (C=O) groups is 2. The minimum absolute atomic E-state index is 0.292. The number of aryl methyl sites for hydroxylation is 2. The molecular formula is C15H14N2O4. The van der Waals surface area contributed by atoms with Gasteiger partial charge in [0.25, 0.3) is 5.91 Å². The number of aliphatic carboxylic acids is 1. The minimum atomic E-state index is -1.01. The third kappa shape index (κ3) is 3.56. The van der Waals surface area contributed by atoms with Crippen molar-refractivity contribution < 1.29 is 19.2 Å². The maximum Gasteiger partial charge on any atom is 0.328 e. The van der Waals surface area contributed by atoms with Gasteiger partial charge in [0.15, 0.2) is 0 Å². The number of nitrogens with one attached hydrogen (secondary N) is 1. The van der Waals surface area contributed by atoms with Crippen LogP contribution in [-0.4, -0.2) is 22.1 Å². The number of carboxylic acids is 1. The van der Waals surface area contributed by atoms with Crippen molar-refractivity contribution in [1.29, 1.82) is 0 Å². The molecule has 0 atom stereocenters. The van der Waals surface area contributed by atoms with Crippen LogP contribution in [0, 0.1) is 13.8 Å². The molecule has 2 rings (SSSR count). The van der Waals surface area contributed by atoms with Crippen molar-refractivity contribution >= 4 is 23.6 Å². The Kier molecular flexibility index (Phi) is 4.18. The van der Waals surface area contributed by atoms with E-state index in [9.17, 15) is 9.59 Å². The van der Waals surface area contributed by atoms with Crippen LogP contribution in [0.2, 0.25) is 0 Å². The molecule has 0 unspecified atom stereocenters. The monoisotopic (exact) mass is 286 g/mol. The van der Waals surface area contributed by atoms with E-state index in [-0.39, 0.29) is 5.91 Å². The van der Waals surface area contributed by atoms with E-state index >= 15 is 0 Å². The van der Waals surface area contributed by atoms with Gasteiger partial charge in [0.05, 0.1) is 5.69 Å². The molecule has 108 valence electrons. The maximum atomic E-state index is 12.1. The van der Waals surface area contributed by atoms with Crippen molar-refractivity contribution in [1.82, 2.24) is 5.16 Å². The van der Waals surface area contributed by atoms with E-state index in [1.165, 1.54) is 6.08 Å². The molecule has 0 spiro atoms. The molecule has 1 amide bonds. The molecule has 0 fully saturated rings. The van der Waals surface area contributed by atoms with Gasteiger partial charge in [-0.15, -0.1) is 0 Å². The Labute approximate surface area is 121 Å². The van der Waals surface area contributed by atoms with Crippen molar-refractivity contribution in [3.05, 3.63) is 52.9 Å². The van der Waals surface area contributed by atoms with Gasteiger partial charge in [-0.2, -0.15) is 0 Å². The lowest BCUT2D eigenvalue weighted by Crippen LogP contribution is -2.13. The number of aromatic nitrogens is 1. The predicted molar refractivity (Wildman–Crippen MR) is 77.0 cm³/mol. The summed E-state index contributed by atoms with van der Waals surface area (Å²) in [4.78, 5) is 22.5. The molecular weight excluding hydrogens is 272 g/mol. The van der Waals surface area contributed by atoms with Crippen LogP contribution in [0.15, 0.2) is 34.9 Å². The van der Waals surface area contributed by atoms with Gasteiger partial charge in [0, 0.05) is 11.8 Å². The summed E-state index contributed by atoms with van der Waals surface area (Å²) < 4.78 is 4.95. The van der Waals surface area contributed by atoms with Crippen LogP contribution in [0.5, 0.6) is 0 Å². The molecule has 2 N–H and O–H groups in total. The van der Waals surface area contributed by atoms with Gasteiger partial charge < -0.3 is 14.9 Å². The average Bonchev–Trinajstić information content (AvgIpc) is 2.77. The second-order valence-electron chi connectivity index (χ2n) is 4.45. The topological polar surface area (TPSA) is 92.4 Å². The molecule has 6 nitrogen and oxygen atoms in total. The van der Waals surface area contributed by atoms with E-state index in [2.05, 4.69) is 10.5 Å². The summed E-state index contributed by atoms with van der Waals surface area (Å²) in [6.07, 6.45) is 2.53. The van der Waals surface area contributed by atoms with Gasteiger partial charge in [-0.25, -0.2) is 4.79 Å². The molecule has 21 heavy (non-hydrogen) atoms. The zero-order valence-corrected chi connectivity index (χ0v) is 11.6. The number of hydrogen-bond acceptors (Lipinski definition) is 4. The van der Waals surface area contributed by atoms with Crippen molar-refractivity contribution in [3.63, 3.8) is 0 Å². The smallest absolute Gasteiger partial charge is 0.328 e. The first-order chi connectivity index (χ1) is 9.97. The number of carbonyl (C=O) groups excluding carboxylic acids is 1. The lowest BCUT2D eigenvalue weighted by molar-refractivity contribution is -0.131. The Morgan fingerprint density at radius 1 is 1.24 bits per heavy atom.